The Morgan fingerprint density at radius 3 is 2.12 bits per heavy atom. The molecule has 1 saturated heterocycles. The molecule has 5 nitrogen and oxygen atoms in total. The maximum Gasteiger partial charge on any atom is 0.238 e. The fourth-order valence-corrected chi connectivity index (χ4v) is 2.99. The molecular weight excluding hydrogens is 350 g/mol. The fourth-order valence-electron chi connectivity index (χ4n) is 2.99. The van der Waals surface area contributed by atoms with E-state index in [0.29, 0.717) is 12.1 Å². The van der Waals surface area contributed by atoms with Gasteiger partial charge in [0.1, 0.15) is 0 Å². The van der Waals surface area contributed by atoms with Crippen molar-refractivity contribution in [2.45, 2.75) is 6.92 Å². The smallest absolute Gasteiger partial charge is 0.238 e. The Kier molecular flexibility index (Phi) is 7.18. The number of hydrogen-bond donors (Lipinski definition) is 1. The van der Waals surface area contributed by atoms with Gasteiger partial charge < -0.3 is 10.2 Å². The third kappa shape index (κ3) is 5.31. The highest BCUT2D eigenvalue weighted by Gasteiger charge is 2.19. The number of amides is 1. The van der Waals surface area contributed by atoms with Crippen LogP contribution in [-0.2, 0) is 4.79 Å². The molecule has 0 radical (unpaired) electrons. The van der Waals surface area contributed by atoms with Gasteiger partial charge in [0.15, 0.2) is 5.78 Å². The van der Waals surface area contributed by atoms with Crippen molar-refractivity contribution in [3.05, 3.63) is 60.2 Å². The number of carbonyl (C=O) groups excluding carboxylic acids is 2. The highest BCUT2D eigenvalue weighted by molar-refractivity contribution is 5.96. The van der Waals surface area contributed by atoms with Crippen molar-refractivity contribution in [1.29, 1.82) is 0 Å². The van der Waals surface area contributed by atoms with Crippen LogP contribution in [0.3, 0.4) is 0 Å². The second kappa shape index (κ2) is 9.36. The Bertz CT molecular complexity index is 726. The van der Waals surface area contributed by atoms with Crippen molar-refractivity contribution in [2.75, 3.05) is 42.9 Å². The lowest BCUT2D eigenvalue weighted by Gasteiger charge is -2.35. The van der Waals surface area contributed by atoms with Crippen LogP contribution in [0.4, 0.5) is 11.4 Å². The molecule has 0 saturated carbocycles. The summed E-state index contributed by atoms with van der Waals surface area (Å²) in [6.07, 6.45) is 0. The molecule has 3 rings (SSSR count). The van der Waals surface area contributed by atoms with Crippen molar-refractivity contribution in [3.8, 4) is 0 Å². The van der Waals surface area contributed by atoms with Gasteiger partial charge in [-0.05, 0) is 43.3 Å². The Hall–Kier alpha value is -2.37. The van der Waals surface area contributed by atoms with E-state index in [1.807, 2.05) is 18.2 Å². The summed E-state index contributed by atoms with van der Waals surface area (Å²) in [5.74, 6) is -0.00194. The quantitative estimate of drug-likeness (QED) is 0.818. The van der Waals surface area contributed by atoms with Crippen molar-refractivity contribution < 1.29 is 9.59 Å². The SMILES string of the molecule is CC(=O)c1ccc(NC(=O)CN2CCN(c3ccccc3)CC2)cc1.Cl. The summed E-state index contributed by atoms with van der Waals surface area (Å²) in [6, 6.07) is 17.4. The van der Waals surface area contributed by atoms with Crippen LogP contribution < -0.4 is 10.2 Å². The molecule has 0 spiro atoms. The van der Waals surface area contributed by atoms with E-state index >= 15 is 0 Å². The molecular formula is C20H24ClN3O2. The van der Waals surface area contributed by atoms with Crippen LogP contribution in [0.25, 0.3) is 0 Å². The molecule has 2 aromatic rings. The first-order chi connectivity index (χ1) is 12.1. The van der Waals surface area contributed by atoms with E-state index in [-0.39, 0.29) is 24.1 Å². The first-order valence-corrected chi connectivity index (χ1v) is 8.55. The molecule has 0 bridgehead atoms. The predicted molar refractivity (Wildman–Crippen MR) is 107 cm³/mol. The van der Waals surface area contributed by atoms with Gasteiger partial charge in [0.25, 0.3) is 0 Å². The number of nitrogens with zero attached hydrogens (tertiary/aromatic N) is 2. The van der Waals surface area contributed by atoms with Gasteiger partial charge in [-0.25, -0.2) is 0 Å². The molecule has 1 amide bonds. The summed E-state index contributed by atoms with van der Waals surface area (Å²) in [5, 5.41) is 2.89. The monoisotopic (exact) mass is 373 g/mol. The van der Waals surface area contributed by atoms with E-state index in [1.165, 1.54) is 12.6 Å². The largest absolute Gasteiger partial charge is 0.369 e. The first-order valence-electron chi connectivity index (χ1n) is 8.55. The summed E-state index contributed by atoms with van der Waals surface area (Å²) in [5.41, 5.74) is 2.60. The van der Waals surface area contributed by atoms with E-state index < -0.39 is 0 Å². The van der Waals surface area contributed by atoms with Crippen molar-refractivity contribution in [2.24, 2.45) is 0 Å². The van der Waals surface area contributed by atoms with Gasteiger partial charge in [0.2, 0.25) is 5.91 Å². The van der Waals surface area contributed by atoms with Gasteiger partial charge in [-0.2, -0.15) is 0 Å². The molecule has 26 heavy (non-hydrogen) atoms. The van der Waals surface area contributed by atoms with Crippen LogP contribution >= 0.6 is 12.4 Å². The number of halogens is 1. The van der Waals surface area contributed by atoms with Gasteiger partial charge in [-0.1, -0.05) is 18.2 Å². The lowest BCUT2D eigenvalue weighted by atomic mass is 10.1. The Morgan fingerprint density at radius 2 is 1.54 bits per heavy atom. The maximum atomic E-state index is 12.2. The second-order valence-corrected chi connectivity index (χ2v) is 6.28. The molecule has 2 aromatic carbocycles. The molecule has 1 N–H and O–H groups in total. The number of piperazine rings is 1. The number of benzene rings is 2. The van der Waals surface area contributed by atoms with E-state index in [2.05, 4.69) is 27.2 Å². The first kappa shape index (κ1) is 19.9. The van der Waals surface area contributed by atoms with E-state index in [0.717, 1.165) is 31.9 Å². The highest BCUT2D eigenvalue weighted by Crippen LogP contribution is 2.15. The minimum atomic E-state index is -0.0243. The summed E-state index contributed by atoms with van der Waals surface area (Å²) >= 11 is 0. The van der Waals surface area contributed by atoms with Crippen LogP contribution in [0, 0.1) is 0 Å². The molecule has 0 aromatic heterocycles. The Morgan fingerprint density at radius 1 is 0.923 bits per heavy atom. The zero-order valence-corrected chi connectivity index (χ0v) is 15.7. The number of Topliss-reactive ketones (excluding diaryl/α,β-unsaturated/α-hetero) is 1. The molecule has 0 unspecified atom stereocenters. The second-order valence-electron chi connectivity index (χ2n) is 6.28. The van der Waals surface area contributed by atoms with Crippen LogP contribution in [0.15, 0.2) is 54.6 Å². The molecule has 1 aliphatic rings. The van der Waals surface area contributed by atoms with Crippen LogP contribution in [0.5, 0.6) is 0 Å². The van der Waals surface area contributed by atoms with Gasteiger partial charge in [-0.15, -0.1) is 12.4 Å². The van der Waals surface area contributed by atoms with E-state index in [1.54, 1.807) is 24.3 Å². The lowest BCUT2D eigenvalue weighted by molar-refractivity contribution is -0.117. The topological polar surface area (TPSA) is 52.7 Å². The van der Waals surface area contributed by atoms with Crippen molar-refractivity contribution >= 4 is 35.5 Å². The lowest BCUT2D eigenvalue weighted by Crippen LogP contribution is -2.48. The van der Waals surface area contributed by atoms with Gasteiger partial charge >= 0.3 is 0 Å². The number of para-hydroxylation sites is 1. The third-order valence-electron chi connectivity index (χ3n) is 4.44. The van der Waals surface area contributed by atoms with Gasteiger partial charge in [0.05, 0.1) is 6.54 Å². The number of carbonyl (C=O) groups is 2. The average molecular weight is 374 g/mol. The number of rotatable bonds is 5. The molecule has 1 fully saturated rings. The molecule has 1 heterocycles. The summed E-state index contributed by atoms with van der Waals surface area (Å²) in [7, 11) is 0. The average Bonchev–Trinajstić information content (AvgIpc) is 2.63. The molecule has 6 heteroatoms. The summed E-state index contributed by atoms with van der Waals surface area (Å²) < 4.78 is 0. The standard InChI is InChI=1S/C20H23N3O2.ClH/c1-16(24)17-7-9-18(10-8-17)21-20(25)15-22-11-13-23(14-12-22)19-5-3-2-4-6-19;/h2-10H,11-15H2,1H3,(H,21,25);1H. The summed E-state index contributed by atoms with van der Waals surface area (Å²) in [6.45, 7) is 5.49. The fraction of sp³-hybridized carbons (Fsp3) is 0.300. The van der Waals surface area contributed by atoms with Gasteiger partial charge in [0, 0.05) is 43.1 Å². The maximum absolute atomic E-state index is 12.2. The summed E-state index contributed by atoms with van der Waals surface area (Å²) in [4.78, 5) is 28.0. The number of anilines is 2. The Balaban J connectivity index is 0.00000243. The molecule has 1 aliphatic heterocycles. The van der Waals surface area contributed by atoms with Crippen molar-refractivity contribution in [1.82, 2.24) is 4.90 Å². The minimum absolute atomic E-state index is 0. The van der Waals surface area contributed by atoms with Crippen molar-refractivity contribution in [3.63, 3.8) is 0 Å². The predicted octanol–water partition coefficient (Wildman–Crippen LogP) is 3.07. The molecule has 0 aliphatic carbocycles. The minimum Gasteiger partial charge on any atom is -0.369 e. The Labute approximate surface area is 160 Å². The van der Waals surface area contributed by atoms with Crippen LogP contribution in [0.2, 0.25) is 0 Å². The van der Waals surface area contributed by atoms with E-state index in [9.17, 15) is 9.59 Å². The third-order valence-corrected chi connectivity index (χ3v) is 4.44. The zero-order chi connectivity index (χ0) is 17.6. The number of ketones is 1. The highest BCUT2D eigenvalue weighted by atomic mass is 35.5. The molecule has 0 atom stereocenters. The van der Waals surface area contributed by atoms with E-state index in [4.69, 9.17) is 0 Å². The van der Waals surface area contributed by atoms with Gasteiger partial charge in [-0.3, -0.25) is 14.5 Å². The van der Waals surface area contributed by atoms with Crippen LogP contribution in [0.1, 0.15) is 17.3 Å². The number of nitrogens with one attached hydrogen (secondary N) is 1. The normalized spacial score (nSPS) is 14.4. The molecule has 138 valence electrons. The zero-order valence-electron chi connectivity index (χ0n) is 14.9. The number of hydrogen-bond acceptors (Lipinski definition) is 4. The van der Waals surface area contributed by atoms with Crippen LogP contribution in [-0.4, -0.2) is 49.3 Å².